The molecule has 0 radical (unpaired) electrons. The molecule has 4 aromatic carbocycles. The Hall–Kier alpha value is -4.32. The molecule has 0 aliphatic heterocycles. The lowest BCUT2D eigenvalue weighted by atomic mass is 10.0. The number of halogens is 2. The topological polar surface area (TPSA) is 52.6 Å². The van der Waals surface area contributed by atoms with Crippen LogP contribution in [0.5, 0.6) is 11.5 Å². The molecule has 0 aromatic heterocycles. The maximum Gasteiger partial charge on any atom is 0.311 e. The van der Waals surface area contributed by atoms with Gasteiger partial charge in [-0.05, 0) is 62.1 Å². The fourth-order valence-corrected chi connectivity index (χ4v) is 4.84. The molecule has 0 aliphatic rings. The number of benzene rings is 4. The molecule has 0 aliphatic carbocycles. The largest absolute Gasteiger partial charge is 0.426 e. The van der Waals surface area contributed by atoms with E-state index in [1.54, 1.807) is 24.3 Å². The van der Waals surface area contributed by atoms with Gasteiger partial charge in [-0.3, -0.25) is 9.59 Å². The Morgan fingerprint density at radius 2 is 0.860 bits per heavy atom. The van der Waals surface area contributed by atoms with E-state index < -0.39 is 11.6 Å². The summed E-state index contributed by atoms with van der Waals surface area (Å²) in [5.41, 5.74) is 4.69. The Balaban J connectivity index is 1.05. The van der Waals surface area contributed by atoms with E-state index >= 15 is 0 Å². The summed E-state index contributed by atoms with van der Waals surface area (Å²) >= 11 is 0. The summed E-state index contributed by atoms with van der Waals surface area (Å²) in [6, 6.07) is 24.2. The highest BCUT2D eigenvalue weighted by Crippen LogP contribution is 2.28. The lowest BCUT2D eigenvalue weighted by molar-refractivity contribution is -0.135. The molecule has 0 bridgehead atoms. The van der Waals surface area contributed by atoms with Crippen molar-refractivity contribution in [3.8, 4) is 33.8 Å². The van der Waals surface area contributed by atoms with Crippen molar-refractivity contribution in [2.45, 2.75) is 71.6 Å². The van der Waals surface area contributed by atoms with Crippen LogP contribution in [0, 0.1) is 25.5 Å². The second kappa shape index (κ2) is 15.8. The first-order chi connectivity index (χ1) is 20.8. The summed E-state index contributed by atoms with van der Waals surface area (Å²) < 4.78 is 39.8. The molecule has 0 fully saturated rings. The van der Waals surface area contributed by atoms with E-state index in [1.807, 2.05) is 62.4 Å². The summed E-state index contributed by atoms with van der Waals surface area (Å²) in [6.07, 6.45) is 6.70. The Morgan fingerprint density at radius 3 is 1.21 bits per heavy atom. The van der Waals surface area contributed by atoms with Gasteiger partial charge < -0.3 is 9.47 Å². The molecule has 0 heterocycles. The van der Waals surface area contributed by atoms with Gasteiger partial charge in [0.15, 0.2) is 0 Å². The molecule has 6 heteroatoms. The monoisotopic (exact) mass is 584 g/mol. The van der Waals surface area contributed by atoms with Crippen molar-refractivity contribution < 1.29 is 27.8 Å². The minimum atomic E-state index is -0.427. The van der Waals surface area contributed by atoms with E-state index in [9.17, 15) is 18.4 Å². The number of hydrogen-bond acceptors (Lipinski definition) is 4. The van der Waals surface area contributed by atoms with Crippen molar-refractivity contribution in [1.82, 2.24) is 0 Å². The van der Waals surface area contributed by atoms with Crippen LogP contribution in [0.4, 0.5) is 8.78 Å². The molecule has 4 nitrogen and oxygen atoms in total. The minimum absolute atomic E-state index is 0.210. The standard InChI is InChI=1S/C37H38F2O4/c1-26-12-16-28(17-13-26)32-22-20-30(24-34(32)38)42-36(40)10-8-6-4-3-5-7-9-11-37(41)43-31-21-23-33(35(39)25-31)29-18-14-27(2)15-19-29/h12-25H,3-11H2,1-2H3. The number of ether oxygens (including phenoxy) is 2. The van der Waals surface area contributed by atoms with Crippen molar-refractivity contribution in [3.63, 3.8) is 0 Å². The van der Waals surface area contributed by atoms with E-state index in [0.717, 1.165) is 54.4 Å². The molecule has 0 saturated carbocycles. The predicted octanol–water partition coefficient (Wildman–Crippen LogP) is 9.94. The third-order valence-corrected chi connectivity index (χ3v) is 7.33. The Kier molecular flexibility index (Phi) is 11.6. The van der Waals surface area contributed by atoms with Crippen molar-refractivity contribution in [2.24, 2.45) is 0 Å². The molecule has 224 valence electrons. The highest BCUT2D eigenvalue weighted by molar-refractivity contribution is 5.74. The van der Waals surface area contributed by atoms with Gasteiger partial charge in [0, 0.05) is 36.1 Å². The highest BCUT2D eigenvalue weighted by Gasteiger charge is 2.12. The molecule has 4 rings (SSSR count). The second-order valence-corrected chi connectivity index (χ2v) is 10.9. The minimum Gasteiger partial charge on any atom is -0.426 e. The number of carbonyl (C=O) groups excluding carboxylic acids is 2. The molecule has 0 spiro atoms. The maximum absolute atomic E-state index is 14.6. The number of rotatable bonds is 14. The smallest absolute Gasteiger partial charge is 0.311 e. The predicted molar refractivity (Wildman–Crippen MR) is 166 cm³/mol. The molecule has 0 saturated heterocycles. The number of unbranched alkanes of at least 4 members (excludes halogenated alkanes) is 6. The van der Waals surface area contributed by atoms with Crippen LogP contribution < -0.4 is 9.47 Å². The van der Waals surface area contributed by atoms with Gasteiger partial charge in [0.1, 0.15) is 23.1 Å². The van der Waals surface area contributed by atoms with Gasteiger partial charge in [-0.2, -0.15) is 0 Å². The SMILES string of the molecule is Cc1ccc(-c2ccc(OC(=O)CCCCCCCCCC(=O)Oc3ccc(-c4ccc(C)cc4)c(F)c3)cc2F)cc1. The van der Waals surface area contributed by atoms with Gasteiger partial charge in [0.05, 0.1) is 0 Å². The number of aryl methyl sites for hydroxylation is 2. The van der Waals surface area contributed by atoms with Gasteiger partial charge >= 0.3 is 11.9 Å². The first kappa shape index (κ1) is 31.6. The third kappa shape index (κ3) is 9.88. The van der Waals surface area contributed by atoms with Crippen LogP contribution >= 0.6 is 0 Å². The van der Waals surface area contributed by atoms with E-state index in [4.69, 9.17) is 9.47 Å². The van der Waals surface area contributed by atoms with E-state index in [0.29, 0.717) is 24.0 Å². The molecule has 4 aromatic rings. The third-order valence-electron chi connectivity index (χ3n) is 7.33. The summed E-state index contributed by atoms with van der Waals surface area (Å²) in [6.45, 7) is 3.95. The average molecular weight is 585 g/mol. The van der Waals surface area contributed by atoms with Crippen LogP contribution in [0.2, 0.25) is 0 Å². The van der Waals surface area contributed by atoms with Crippen LogP contribution in [0.1, 0.15) is 68.9 Å². The molecule has 43 heavy (non-hydrogen) atoms. The zero-order chi connectivity index (χ0) is 30.6. The zero-order valence-electron chi connectivity index (χ0n) is 24.8. The molecule has 0 N–H and O–H groups in total. The van der Waals surface area contributed by atoms with Gasteiger partial charge in [0.2, 0.25) is 0 Å². The Bertz CT molecular complexity index is 1400. The number of hydrogen-bond donors (Lipinski definition) is 0. The van der Waals surface area contributed by atoms with Crippen molar-refractivity contribution in [2.75, 3.05) is 0 Å². The summed E-state index contributed by atoms with van der Waals surface area (Å²) in [5.74, 6) is -1.17. The van der Waals surface area contributed by atoms with Crippen molar-refractivity contribution >= 4 is 11.9 Å². The average Bonchev–Trinajstić information content (AvgIpc) is 2.98. The van der Waals surface area contributed by atoms with Gasteiger partial charge in [-0.1, -0.05) is 91.8 Å². The molecule has 0 amide bonds. The summed E-state index contributed by atoms with van der Waals surface area (Å²) in [5, 5.41) is 0. The molecule has 0 unspecified atom stereocenters. The van der Waals surface area contributed by atoms with E-state index in [1.165, 1.54) is 12.1 Å². The fraction of sp³-hybridized carbons (Fsp3) is 0.297. The normalized spacial score (nSPS) is 10.9. The van der Waals surface area contributed by atoms with Crippen LogP contribution in [0.15, 0.2) is 84.9 Å². The highest BCUT2D eigenvalue weighted by atomic mass is 19.1. The fourth-order valence-electron chi connectivity index (χ4n) is 4.84. The first-order valence-electron chi connectivity index (χ1n) is 14.9. The number of esters is 2. The summed E-state index contributed by atoms with van der Waals surface area (Å²) in [4.78, 5) is 24.4. The van der Waals surface area contributed by atoms with Crippen LogP contribution in [0.25, 0.3) is 22.3 Å². The summed E-state index contributed by atoms with van der Waals surface area (Å²) in [7, 11) is 0. The van der Waals surface area contributed by atoms with Gasteiger partial charge in [0.25, 0.3) is 0 Å². The van der Waals surface area contributed by atoms with Crippen LogP contribution in [0.3, 0.4) is 0 Å². The van der Waals surface area contributed by atoms with E-state index in [2.05, 4.69) is 0 Å². The Morgan fingerprint density at radius 1 is 0.512 bits per heavy atom. The Labute approximate surface area is 252 Å². The van der Waals surface area contributed by atoms with E-state index in [-0.39, 0.29) is 36.3 Å². The van der Waals surface area contributed by atoms with Crippen LogP contribution in [-0.4, -0.2) is 11.9 Å². The second-order valence-electron chi connectivity index (χ2n) is 10.9. The van der Waals surface area contributed by atoms with Crippen molar-refractivity contribution in [1.29, 1.82) is 0 Å². The van der Waals surface area contributed by atoms with Crippen molar-refractivity contribution in [3.05, 3.63) is 108 Å². The molecular formula is C37H38F2O4. The lowest BCUT2D eigenvalue weighted by Gasteiger charge is -2.08. The van der Waals surface area contributed by atoms with Gasteiger partial charge in [-0.25, -0.2) is 8.78 Å². The maximum atomic E-state index is 14.6. The van der Waals surface area contributed by atoms with Gasteiger partial charge in [-0.15, -0.1) is 0 Å². The molecule has 0 atom stereocenters. The number of carbonyl (C=O) groups is 2. The quantitative estimate of drug-likeness (QED) is 0.0841. The molecular weight excluding hydrogens is 546 g/mol. The zero-order valence-corrected chi connectivity index (χ0v) is 24.8. The van der Waals surface area contributed by atoms with Crippen LogP contribution in [-0.2, 0) is 9.59 Å². The first-order valence-corrected chi connectivity index (χ1v) is 14.9. The lowest BCUT2D eigenvalue weighted by Crippen LogP contribution is -2.08.